The van der Waals surface area contributed by atoms with Gasteiger partial charge in [0.1, 0.15) is 11.5 Å². The summed E-state index contributed by atoms with van der Waals surface area (Å²) in [6, 6.07) is 17.6. The first-order valence-electron chi connectivity index (χ1n) is 8.20. The van der Waals surface area contributed by atoms with E-state index in [0.717, 1.165) is 5.56 Å². The van der Waals surface area contributed by atoms with E-state index in [1.807, 2.05) is 12.1 Å². The molecule has 0 saturated heterocycles. The molecule has 5 heteroatoms. The van der Waals surface area contributed by atoms with Gasteiger partial charge in [0.25, 0.3) is 0 Å². The molecule has 130 valence electrons. The SMILES string of the molecule is Cc1cc2c(c(=O)o1)C(c1cccc(Cl)c1)C(C(=O)c1ccccc1)O2. The summed E-state index contributed by atoms with van der Waals surface area (Å²) in [5.74, 6) is 0.0569. The molecule has 0 spiro atoms. The Hall–Kier alpha value is -2.85. The lowest BCUT2D eigenvalue weighted by Crippen LogP contribution is -2.31. The summed E-state index contributed by atoms with van der Waals surface area (Å²) in [5.41, 5.74) is 1.13. The quantitative estimate of drug-likeness (QED) is 0.645. The van der Waals surface area contributed by atoms with Crippen LogP contribution in [0, 0.1) is 6.92 Å². The molecule has 0 amide bonds. The van der Waals surface area contributed by atoms with Crippen molar-refractivity contribution in [3.8, 4) is 5.75 Å². The molecule has 1 aromatic heterocycles. The molecule has 2 aromatic carbocycles. The first kappa shape index (κ1) is 16.6. The van der Waals surface area contributed by atoms with Crippen LogP contribution in [-0.2, 0) is 0 Å². The van der Waals surface area contributed by atoms with Crippen LogP contribution in [0.1, 0.15) is 33.2 Å². The molecule has 4 nitrogen and oxygen atoms in total. The van der Waals surface area contributed by atoms with Crippen molar-refractivity contribution >= 4 is 17.4 Å². The Morgan fingerprint density at radius 2 is 1.81 bits per heavy atom. The fraction of sp³-hybridized carbons (Fsp3) is 0.143. The number of rotatable bonds is 3. The maximum Gasteiger partial charge on any atom is 0.343 e. The lowest BCUT2D eigenvalue weighted by molar-refractivity contribution is 0.0806. The average Bonchev–Trinajstić information content (AvgIpc) is 3.01. The van der Waals surface area contributed by atoms with Crippen molar-refractivity contribution < 1.29 is 13.9 Å². The highest BCUT2D eigenvalue weighted by atomic mass is 35.5. The van der Waals surface area contributed by atoms with Crippen LogP contribution >= 0.6 is 11.6 Å². The largest absolute Gasteiger partial charge is 0.481 e. The van der Waals surface area contributed by atoms with Crippen LogP contribution in [0.3, 0.4) is 0 Å². The predicted molar refractivity (Wildman–Crippen MR) is 98.2 cm³/mol. The van der Waals surface area contributed by atoms with Crippen LogP contribution < -0.4 is 10.4 Å². The van der Waals surface area contributed by atoms with Crippen molar-refractivity contribution in [1.82, 2.24) is 0 Å². The fourth-order valence-electron chi connectivity index (χ4n) is 3.34. The number of carbonyl (C=O) groups is 1. The Morgan fingerprint density at radius 1 is 1.04 bits per heavy atom. The Kier molecular flexibility index (Phi) is 4.13. The van der Waals surface area contributed by atoms with Crippen LogP contribution in [0.2, 0.25) is 5.02 Å². The summed E-state index contributed by atoms with van der Waals surface area (Å²) >= 11 is 6.13. The van der Waals surface area contributed by atoms with E-state index in [1.54, 1.807) is 55.5 Å². The van der Waals surface area contributed by atoms with Gasteiger partial charge >= 0.3 is 5.63 Å². The summed E-state index contributed by atoms with van der Waals surface area (Å²) in [6.07, 6.45) is -0.851. The third-order valence-electron chi connectivity index (χ3n) is 4.47. The number of ketones is 1. The number of hydrogen-bond donors (Lipinski definition) is 0. The van der Waals surface area contributed by atoms with E-state index >= 15 is 0 Å². The summed E-state index contributed by atoms with van der Waals surface area (Å²) in [7, 11) is 0. The van der Waals surface area contributed by atoms with E-state index in [-0.39, 0.29) is 5.78 Å². The Balaban J connectivity index is 1.87. The summed E-state index contributed by atoms with van der Waals surface area (Å²) in [4.78, 5) is 25.6. The minimum absolute atomic E-state index is 0.191. The van der Waals surface area contributed by atoms with Gasteiger partial charge in [-0.3, -0.25) is 4.79 Å². The Labute approximate surface area is 155 Å². The second-order valence-corrected chi connectivity index (χ2v) is 6.66. The molecule has 1 aliphatic heterocycles. The van der Waals surface area contributed by atoms with E-state index in [0.29, 0.717) is 27.7 Å². The zero-order valence-electron chi connectivity index (χ0n) is 13.9. The molecule has 0 bridgehead atoms. The van der Waals surface area contributed by atoms with Crippen molar-refractivity contribution in [3.05, 3.63) is 98.6 Å². The molecule has 3 aromatic rings. The molecule has 0 aliphatic carbocycles. The van der Waals surface area contributed by atoms with Crippen molar-refractivity contribution in [1.29, 1.82) is 0 Å². The minimum Gasteiger partial charge on any atom is -0.481 e. The molecule has 26 heavy (non-hydrogen) atoms. The number of fused-ring (bicyclic) bond motifs is 1. The van der Waals surface area contributed by atoms with Gasteiger partial charge in [0.05, 0.1) is 11.5 Å². The molecule has 2 unspecified atom stereocenters. The van der Waals surface area contributed by atoms with Crippen LogP contribution in [0.4, 0.5) is 0 Å². The second-order valence-electron chi connectivity index (χ2n) is 6.22. The van der Waals surface area contributed by atoms with E-state index < -0.39 is 17.6 Å². The summed E-state index contributed by atoms with van der Waals surface area (Å²) in [6.45, 7) is 1.67. The standard InChI is InChI=1S/C21H15ClO4/c1-12-10-16-18(21(24)25-12)17(14-8-5-9-15(22)11-14)20(26-16)19(23)13-6-3-2-4-7-13/h2-11,17,20H,1H3. The average molecular weight is 367 g/mol. The van der Waals surface area contributed by atoms with Crippen molar-refractivity contribution in [2.75, 3.05) is 0 Å². The molecule has 0 fully saturated rings. The number of carbonyl (C=O) groups excluding carboxylic acids is 1. The Morgan fingerprint density at radius 3 is 2.54 bits per heavy atom. The van der Waals surface area contributed by atoms with Gasteiger partial charge in [-0.25, -0.2) is 4.79 Å². The zero-order valence-corrected chi connectivity index (χ0v) is 14.7. The highest BCUT2D eigenvalue weighted by Gasteiger charge is 2.43. The van der Waals surface area contributed by atoms with Crippen LogP contribution in [0.15, 0.2) is 69.9 Å². The lowest BCUT2D eigenvalue weighted by Gasteiger charge is -2.18. The van der Waals surface area contributed by atoms with E-state index in [1.165, 1.54) is 0 Å². The lowest BCUT2D eigenvalue weighted by atomic mass is 9.85. The van der Waals surface area contributed by atoms with E-state index in [9.17, 15) is 9.59 Å². The number of ether oxygens (including phenoxy) is 1. The maximum atomic E-state index is 13.1. The highest BCUT2D eigenvalue weighted by molar-refractivity contribution is 6.30. The molecule has 0 saturated carbocycles. The van der Waals surface area contributed by atoms with Gasteiger partial charge < -0.3 is 9.15 Å². The summed E-state index contributed by atoms with van der Waals surface area (Å²) < 4.78 is 11.2. The van der Waals surface area contributed by atoms with Crippen molar-refractivity contribution in [2.24, 2.45) is 0 Å². The van der Waals surface area contributed by atoms with Gasteiger partial charge in [0.15, 0.2) is 6.10 Å². The number of hydrogen-bond acceptors (Lipinski definition) is 4. The van der Waals surface area contributed by atoms with Gasteiger partial charge in [-0.15, -0.1) is 0 Å². The van der Waals surface area contributed by atoms with Gasteiger partial charge in [-0.1, -0.05) is 54.1 Å². The topological polar surface area (TPSA) is 56.5 Å². The maximum absolute atomic E-state index is 13.1. The van der Waals surface area contributed by atoms with Crippen LogP contribution in [-0.4, -0.2) is 11.9 Å². The summed E-state index contributed by atoms with van der Waals surface area (Å²) in [5, 5.41) is 0.526. The van der Waals surface area contributed by atoms with Gasteiger partial charge in [0, 0.05) is 16.7 Å². The monoisotopic (exact) mass is 366 g/mol. The van der Waals surface area contributed by atoms with Crippen molar-refractivity contribution in [3.63, 3.8) is 0 Å². The zero-order chi connectivity index (χ0) is 18.3. The molecule has 2 heterocycles. The smallest absolute Gasteiger partial charge is 0.343 e. The Bertz CT molecular complexity index is 1040. The number of benzene rings is 2. The third-order valence-corrected chi connectivity index (χ3v) is 4.70. The molecule has 0 N–H and O–H groups in total. The molecule has 2 atom stereocenters. The third kappa shape index (κ3) is 2.82. The molecular formula is C21H15ClO4. The molecule has 4 rings (SSSR count). The number of halogens is 1. The fourth-order valence-corrected chi connectivity index (χ4v) is 3.54. The van der Waals surface area contributed by atoms with Crippen LogP contribution in [0.25, 0.3) is 0 Å². The number of aryl methyl sites for hydroxylation is 1. The molecule has 0 radical (unpaired) electrons. The van der Waals surface area contributed by atoms with Crippen LogP contribution in [0.5, 0.6) is 5.75 Å². The van der Waals surface area contributed by atoms with Gasteiger partial charge in [-0.2, -0.15) is 0 Å². The predicted octanol–water partition coefficient (Wildman–Crippen LogP) is 4.38. The molecular weight excluding hydrogens is 352 g/mol. The first-order chi connectivity index (χ1) is 12.5. The van der Waals surface area contributed by atoms with Gasteiger partial charge in [0.2, 0.25) is 5.78 Å². The van der Waals surface area contributed by atoms with Gasteiger partial charge in [-0.05, 0) is 24.6 Å². The highest BCUT2D eigenvalue weighted by Crippen LogP contribution is 2.42. The molecule has 1 aliphatic rings. The second kappa shape index (κ2) is 6.46. The first-order valence-corrected chi connectivity index (χ1v) is 8.58. The van der Waals surface area contributed by atoms with E-state index in [2.05, 4.69) is 0 Å². The minimum atomic E-state index is -0.851. The van der Waals surface area contributed by atoms with E-state index in [4.69, 9.17) is 20.8 Å². The van der Waals surface area contributed by atoms with Crippen molar-refractivity contribution in [2.45, 2.75) is 18.9 Å². The number of Topliss-reactive ketones (excluding diaryl/α,β-unsaturated/α-hetero) is 1. The normalized spacial score (nSPS) is 18.2.